The summed E-state index contributed by atoms with van der Waals surface area (Å²) in [4.78, 5) is 21.7. The van der Waals surface area contributed by atoms with Gasteiger partial charge in [0.05, 0.1) is 27.3 Å². The fourth-order valence-corrected chi connectivity index (χ4v) is 3.57. The number of hydrogen-bond acceptors (Lipinski definition) is 4. The third-order valence-corrected chi connectivity index (χ3v) is 4.97. The molecule has 0 aliphatic carbocycles. The van der Waals surface area contributed by atoms with Crippen molar-refractivity contribution >= 4 is 46.0 Å². The van der Waals surface area contributed by atoms with Crippen LogP contribution in [0.4, 0.5) is 5.69 Å². The summed E-state index contributed by atoms with van der Waals surface area (Å²) in [6.07, 6.45) is 1.48. The van der Waals surface area contributed by atoms with Crippen LogP contribution in [0.15, 0.2) is 70.5 Å². The summed E-state index contributed by atoms with van der Waals surface area (Å²) in [6.45, 7) is 1.80. The Morgan fingerprint density at radius 3 is 2.55 bits per heavy atom. The number of hydrogen-bond donors (Lipinski definition) is 1. The summed E-state index contributed by atoms with van der Waals surface area (Å²) >= 11 is 11.9. The summed E-state index contributed by atoms with van der Waals surface area (Å²) in [7, 11) is 0. The summed E-state index contributed by atoms with van der Waals surface area (Å²) in [5, 5.41) is 11.1. The lowest BCUT2D eigenvalue weighted by Gasteiger charge is -2.11. The van der Waals surface area contributed by atoms with Crippen LogP contribution in [0.5, 0.6) is 5.75 Å². The Morgan fingerprint density at radius 2 is 1.79 bits per heavy atom. The largest absolute Gasteiger partial charge is 0.506 e. The molecule has 0 spiro atoms. The van der Waals surface area contributed by atoms with Crippen molar-refractivity contribution in [3.05, 3.63) is 92.5 Å². The van der Waals surface area contributed by atoms with Gasteiger partial charge < -0.3 is 5.11 Å². The van der Waals surface area contributed by atoms with Gasteiger partial charge in [0.15, 0.2) is 0 Å². The molecular formula is C22H15Cl2N3O2. The van der Waals surface area contributed by atoms with Crippen molar-refractivity contribution in [3.63, 3.8) is 0 Å². The van der Waals surface area contributed by atoms with Crippen molar-refractivity contribution in [2.45, 2.75) is 6.92 Å². The van der Waals surface area contributed by atoms with Crippen LogP contribution in [-0.2, 0) is 0 Å². The van der Waals surface area contributed by atoms with Gasteiger partial charge >= 0.3 is 0 Å². The number of benzene rings is 3. The highest BCUT2D eigenvalue weighted by molar-refractivity contribution is 6.36. The van der Waals surface area contributed by atoms with Crippen LogP contribution in [0.1, 0.15) is 11.4 Å². The lowest BCUT2D eigenvalue weighted by molar-refractivity contribution is 0.475. The molecule has 0 amide bonds. The molecular weight excluding hydrogens is 409 g/mol. The van der Waals surface area contributed by atoms with Gasteiger partial charge in [-0.3, -0.25) is 14.4 Å². The zero-order valence-corrected chi connectivity index (χ0v) is 16.8. The molecule has 0 saturated carbocycles. The van der Waals surface area contributed by atoms with Crippen LogP contribution in [0.25, 0.3) is 16.6 Å². The van der Waals surface area contributed by atoms with Crippen LogP contribution in [0.3, 0.4) is 0 Å². The van der Waals surface area contributed by atoms with Crippen molar-refractivity contribution in [1.82, 2.24) is 9.55 Å². The molecule has 1 heterocycles. The monoisotopic (exact) mass is 423 g/mol. The standard InChI is InChI=1S/C22H15Cl2N3O2/c1-13-26-20-5-3-2-4-18(20)22(29)27(13)17-8-6-16(7-9-17)25-12-14-10-15(23)11-19(24)21(14)28/h2-12,28H,1H3. The topological polar surface area (TPSA) is 67.5 Å². The normalized spacial score (nSPS) is 11.4. The average Bonchev–Trinajstić information content (AvgIpc) is 2.70. The molecule has 0 aliphatic rings. The number of aryl methyl sites for hydroxylation is 1. The minimum Gasteiger partial charge on any atom is -0.506 e. The number of aromatic hydroxyl groups is 1. The summed E-state index contributed by atoms with van der Waals surface area (Å²) in [5.74, 6) is 0.518. The SMILES string of the molecule is Cc1nc2ccccc2c(=O)n1-c1ccc(N=Cc2cc(Cl)cc(Cl)c2O)cc1. The van der Waals surface area contributed by atoms with Crippen molar-refractivity contribution in [3.8, 4) is 11.4 Å². The number of aliphatic imine (C=N–C) groups is 1. The van der Waals surface area contributed by atoms with E-state index in [0.29, 0.717) is 38.7 Å². The molecule has 1 N–H and O–H groups in total. The highest BCUT2D eigenvalue weighted by atomic mass is 35.5. The van der Waals surface area contributed by atoms with E-state index in [1.807, 2.05) is 18.2 Å². The molecule has 0 fully saturated rings. The smallest absolute Gasteiger partial charge is 0.265 e. The first-order valence-electron chi connectivity index (χ1n) is 8.75. The number of para-hydroxylation sites is 1. The number of nitrogens with zero attached hydrogens (tertiary/aromatic N) is 3. The maximum atomic E-state index is 12.9. The molecule has 5 nitrogen and oxygen atoms in total. The molecule has 1 aromatic heterocycles. The van der Waals surface area contributed by atoms with Gasteiger partial charge in [0, 0.05) is 16.8 Å². The van der Waals surface area contributed by atoms with Gasteiger partial charge in [-0.05, 0) is 55.5 Å². The zero-order chi connectivity index (χ0) is 20.5. The molecule has 0 unspecified atom stereocenters. The molecule has 4 aromatic rings. The molecule has 0 radical (unpaired) electrons. The Kier molecular flexibility index (Phi) is 5.09. The summed E-state index contributed by atoms with van der Waals surface area (Å²) in [6, 6.07) is 17.4. The Labute approximate surface area is 176 Å². The van der Waals surface area contributed by atoms with Gasteiger partial charge in [-0.25, -0.2) is 4.98 Å². The predicted molar refractivity (Wildman–Crippen MR) is 117 cm³/mol. The lowest BCUT2D eigenvalue weighted by Crippen LogP contribution is -2.22. The van der Waals surface area contributed by atoms with E-state index in [1.165, 1.54) is 12.3 Å². The number of phenols is 1. The van der Waals surface area contributed by atoms with Crippen LogP contribution in [0.2, 0.25) is 10.0 Å². The van der Waals surface area contributed by atoms with E-state index in [9.17, 15) is 9.90 Å². The number of fused-ring (bicyclic) bond motifs is 1. The number of aromatic nitrogens is 2. The number of halogens is 2. The molecule has 0 bridgehead atoms. The molecule has 3 aromatic carbocycles. The quantitative estimate of drug-likeness (QED) is 0.445. The second kappa shape index (κ2) is 7.70. The van der Waals surface area contributed by atoms with E-state index in [4.69, 9.17) is 23.2 Å². The molecule has 29 heavy (non-hydrogen) atoms. The van der Waals surface area contributed by atoms with Gasteiger partial charge in [-0.15, -0.1) is 0 Å². The van der Waals surface area contributed by atoms with E-state index in [1.54, 1.807) is 47.9 Å². The molecule has 4 rings (SSSR count). The van der Waals surface area contributed by atoms with Crippen molar-refractivity contribution in [2.75, 3.05) is 0 Å². The Hall–Kier alpha value is -3.15. The van der Waals surface area contributed by atoms with E-state index >= 15 is 0 Å². The molecule has 0 aliphatic heterocycles. The van der Waals surface area contributed by atoms with Crippen molar-refractivity contribution in [2.24, 2.45) is 4.99 Å². The van der Waals surface area contributed by atoms with Crippen LogP contribution in [0, 0.1) is 6.92 Å². The lowest BCUT2D eigenvalue weighted by atomic mass is 10.2. The summed E-state index contributed by atoms with van der Waals surface area (Å²) < 4.78 is 1.57. The first kappa shape index (κ1) is 19.2. The van der Waals surface area contributed by atoms with Gasteiger partial charge in [-0.1, -0.05) is 35.3 Å². The van der Waals surface area contributed by atoms with E-state index in [2.05, 4.69) is 9.98 Å². The Balaban J connectivity index is 1.69. The average molecular weight is 424 g/mol. The maximum Gasteiger partial charge on any atom is 0.265 e. The van der Waals surface area contributed by atoms with Crippen molar-refractivity contribution in [1.29, 1.82) is 0 Å². The van der Waals surface area contributed by atoms with Gasteiger partial charge in [0.2, 0.25) is 0 Å². The third kappa shape index (κ3) is 3.75. The summed E-state index contributed by atoms with van der Waals surface area (Å²) in [5.41, 5.74) is 2.30. The number of rotatable bonds is 3. The molecule has 0 atom stereocenters. The van der Waals surface area contributed by atoms with Crippen molar-refractivity contribution < 1.29 is 5.11 Å². The van der Waals surface area contributed by atoms with Gasteiger partial charge in [-0.2, -0.15) is 0 Å². The van der Waals surface area contributed by atoms with Gasteiger partial charge in [0.25, 0.3) is 5.56 Å². The molecule has 7 heteroatoms. The number of phenolic OH excluding ortho intramolecular Hbond substituents is 1. The van der Waals surface area contributed by atoms with Crippen LogP contribution >= 0.6 is 23.2 Å². The Morgan fingerprint density at radius 1 is 1.07 bits per heavy atom. The highest BCUT2D eigenvalue weighted by Crippen LogP contribution is 2.30. The molecule has 144 valence electrons. The first-order chi connectivity index (χ1) is 13.9. The first-order valence-corrected chi connectivity index (χ1v) is 9.50. The second-order valence-corrected chi connectivity index (χ2v) is 7.26. The van der Waals surface area contributed by atoms with E-state index in [-0.39, 0.29) is 16.3 Å². The highest BCUT2D eigenvalue weighted by Gasteiger charge is 2.10. The zero-order valence-electron chi connectivity index (χ0n) is 15.3. The minimum absolute atomic E-state index is 0.0825. The predicted octanol–water partition coefficient (Wildman–Crippen LogP) is 5.46. The second-order valence-electron chi connectivity index (χ2n) is 6.42. The minimum atomic E-state index is -0.122. The van der Waals surface area contributed by atoms with E-state index < -0.39 is 0 Å². The fourth-order valence-electron chi connectivity index (χ4n) is 3.06. The molecule has 0 saturated heterocycles. The van der Waals surface area contributed by atoms with E-state index in [0.717, 1.165) is 0 Å². The fraction of sp³-hybridized carbons (Fsp3) is 0.0455. The Bertz CT molecular complexity index is 1310. The third-order valence-electron chi connectivity index (χ3n) is 4.46. The van der Waals surface area contributed by atoms with Gasteiger partial charge in [0.1, 0.15) is 11.6 Å². The van der Waals surface area contributed by atoms with Crippen LogP contribution < -0.4 is 5.56 Å². The van der Waals surface area contributed by atoms with Crippen LogP contribution in [-0.4, -0.2) is 20.9 Å². The maximum absolute atomic E-state index is 12.9.